The normalized spacial score (nSPS) is 21.5. The van der Waals surface area contributed by atoms with Crippen LogP contribution in [0.25, 0.3) is 0 Å². The summed E-state index contributed by atoms with van der Waals surface area (Å²) in [4.78, 5) is 14.5. The van der Waals surface area contributed by atoms with Crippen molar-refractivity contribution < 1.29 is 9.90 Å². The van der Waals surface area contributed by atoms with Crippen molar-refractivity contribution in [3.8, 4) is 6.07 Å². The minimum atomic E-state index is -0.851. The SMILES string of the molecule is CC(C)[C@](C)(C#N)NC(=O)CN1CCC[C@H]1C[C@H](O)c1ccccc1. The Bertz CT molecular complexity index is 611. The molecule has 136 valence electrons. The van der Waals surface area contributed by atoms with E-state index in [1.807, 2.05) is 44.2 Å². The first-order chi connectivity index (χ1) is 11.9. The van der Waals surface area contributed by atoms with Crippen LogP contribution < -0.4 is 5.32 Å². The molecule has 0 saturated carbocycles. The van der Waals surface area contributed by atoms with Crippen molar-refractivity contribution in [1.29, 1.82) is 5.26 Å². The lowest BCUT2D eigenvalue weighted by molar-refractivity contribution is -0.124. The summed E-state index contributed by atoms with van der Waals surface area (Å²) in [5.74, 6) is -0.0884. The lowest BCUT2D eigenvalue weighted by Crippen LogP contribution is -2.52. The molecular formula is C20H29N3O2. The van der Waals surface area contributed by atoms with Crippen molar-refractivity contribution in [2.24, 2.45) is 5.92 Å². The number of hydrogen-bond acceptors (Lipinski definition) is 4. The van der Waals surface area contributed by atoms with E-state index in [2.05, 4.69) is 16.3 Å². The van der Waals surface area contributed by atoms with Crippen LogP contribution in [0.5, 0.6) is 0 Å². The number of nitriles is 1. The van der Waals surface area contributed by atoms with Crippen LogP contribution in [0.1, 0.15) is 51.7 Å². The number of rotatable bonds is 7. The van der Waals surface area contributed by atoms with E-state index in [-0.39, 0.29) is 24.4 Å². The molecule has 1 aromatic carbocycles. The van der Waals surface area contributed by atoms with Gasteiger partial charge in [0.25, 0.3) is 0 Å². The lowest BCUT2D eigenvalue weighted by Gasteiger charge is -2.30. The Labute approximate surface area is 150 Å². The second-order valence-electron chi connectivity index (χ2n) is 7.45. The third-order valence-corrected chi connectivity index (χ3v) is 5.31. The molecule has 1 fully saturated rings. The van der Waals surface area contributed by atoms with E-state index in [1.54, 1.807) is 6.92 Å². The maximum Gasteiger partial charge on any atom is 0.235 e. The summed E-state index contributed by atoms with van der Waals surface area (Å²) in [5, 5.41) is 22.7. The van der Waals surface area contributed by atoms with Gasteiger partial charge < -0.3 is 10.4 Å². The van der Waals surface area contributed by atoms with Crippen LogP contribution in [0.15, 0.2) is 30.3 Å². The molecule has 1 aromatic rings. The van der Waals surface area contributed by atoms with E-state index in [1.165, 1.54) is 0 Å². The second kappa shape index (κ2) is 8.46. The van der Waals surface area contributed by atoms with Crippen LogP contribution in [0.4, 0.5) is 0 Å². The number of benzene rings is 1. The fourth-order valence-corrected chi connectivity index (χ4v) is 3.25. The Kier molecular flexibility index (Phi) is 6.57. The van der Waals surface area contributed by atoms with Gasteiger partial charge in [-0.1, -0.05) is 44.2 Å². The van der Waals surface area contributed by atoms with Crippen LogP contribution in [-0.4, -0.2) is 40.6 Å². The third kappa shape index (κ3) is 5.04. The Balaban J connectivity index is 1.93. The molecule has 0 aliphatic carbocycles. The number of nitrogens with one attached hydrogen (secondary N) is 1. The zero-order chi connectivity index (χ0) is 18.4. The molecule has 0 spiro atoms. The van der Waals surface area contributed by atoms with E-state index in [4.69, 9.17) is 0 Å². The molecule has 2 rings (SSSR count). The summed E-state index contributed by atoms with van der Waals surface area (Å²) >= 11 is 0. The summed E-state index contributed by atoms with van der Waals surface area (Å²) in [5.41, 5.74) is 0.0613. The van der Waals surface area contributed by atoms with Gasteiger partial charge in [0, 0.05) is 6.04 Å². The topological polar surface area (TPSA) is 76.4 Å². The predicted molar refractivity (Wildman–Crippen MR) is 97.6 cm³/mol. The van der Waals surface area contributed by atoms with Crippen molar-refractivity contribution in [3.05, 3.63) is 35.9 Å². The Morgan fingerprint density at radius 3 is 2.72 bits per heavy atom. The molecule has 5 nitrogen and oxygen atoms in total. The molecule has 0 radical (unpaired) electrons. The Hall–Kier alpha value is -1.90. The zero-order valence-corrected chi connectivity index (χ0v) is 15.4. The summed E-state index contributed by atoms with van der Waals surface area (Å²) in [6.07, 6.45) is 2.11. The van der Waals surface area contributed by atoms with E-state index < -0.39 is 11.6 Å². The Morgan fingerprint density at radius 1 is 1.44 bits per heavy atom. The zero-order valence-electron chi connectivity index (χ0n) is 15.4. The van der Waals surface area contributed by atoms with Crippen molar-refractivity contribution >= 4 is 5.91 Å². The van der Waals surface area contributed by atoms with E-state index in [0.717, 1.165) is 24.9 Å². The van der Waals surface area contributed by atoms with Crippen LogP contribution in [0.2, 0.25) is 0 Å². The van der Waals surface area contributed by atoms with Gasteiger partial charge in [-0.2, -0.15) is 5.26 Å². The van der Waals surface area contributed by atoms with Gasteiger partial charge >= 0.3 is 0 Å². The van der Waals surface area contributed by atoms with E-state index in [9.17, 15) is 15.2 Å². The Morgan fingerprint density at radius 2 is 2.12 bits per heavy atom. The number of amides is 1. The average Bonchev–Trinajstić information content (AvgIpc) is 3.01. The van der Waals surface area contributed by atoms with Crippen LogP contribution in [0.3, 0.4) is 0 Å². The van der Waals surface area contributed by atoms with Crippen LogP contribution in [-0.2, 0) is 4.79 Å². The predicted octanol–water partition coefficient (Wildman–Crippen LogP) is 2.63. The quantitative estimate of drug-likeness (QED) is 0.798. The number of hydrogen-bond donors (Lipinski definition) is 2. The number of likely N-dealkylation sites (tertiary alicyclic amines) is 1. The average molecular weight is 343 g/mol. The van der Waals surface area contributed by atoms with Gasteiger partial charge in [0.05, 0.1) is 18.7 Å². The smallest absolute Gasteiger partial charge is 0.235 e. The second-order valence-corrected chi connectivity index (χ2v) is 7.45. The maximum absolute atomic E-state index is 12.4. The molecule has 1 saturated heterocycles. The van der Waals surface area contributed by atoms with Gasteiger partial charge in [-0.05, 0) is 44.2 Å². The third-order valence-electron chi connectivity index (χ3n) is 5.31. The van der Waals surface area contributed by atoms with Crippen LogP contribution >= 0.6 is 0 Å². The molecule has 1 heterocycles. The first-order valence-electron chi connectivity index (χ1n) is 9.05. The first-order valence-corrected chi connectivity index (χ1v) is 9.05. The van der Waals surface area contributed by atoms with Gasteiger partial charge in [-0.25, -0.2) is 0 Å². The van der Waals surface area contributed by atoms with Gasteiger partial charge in [0.2, 0.25) is 5.91 Å². The van der Waals surface area contributed by atoms with E-state index >= 15 is 0 Å². The first kappa shape index (κ1) is 19.4. The highest BCUT2D eigenvalue weighted by Crippen LogP contribution is 2.27. The molecule has 3 atom stereocenters. The molecule has 1 aliphatic heterocycles. The largest absolute Gasteiger partial charge is 0.388 e. The van der Waals surface area contributed by atoms with Crippen molar-refractivity contribution in [2.45, 2.75) is 57.7 Å². The minimum Gasteiger partial charge on any atom is -0.388 e. The highest BCUT2D eigenvalue weighted by molar-refractivity contribution is 5.79. The summed E-state index contributed by atoms with van der Waals surface area (Å²) in [7, 11) is 0. The fraction of sp³-hybridized carbons (Fsp3) is 0.600. The van der Waals surface area contributed by atoms with Crippen LogP contribution in [0, 0.1) is 17.2 Å². The molecule has 5 heteroatoms. The fourth-order valence-electron chi connectivity index (χ4n) is 3.25. The number of carbonyl (C=O) groups is 1. The van der Waals surface area contributed by atoms with Gasteiger partial charge in [-0.15, -0.1) is 0 Å². The highest BCUT2D eigenvalue weighted by atomic mass is 16.3. The number of carbonyl (C=O) groups excluding carboxylic acids is 1. The van der Waals surface area contributed by atoms with E-state index in [0.29, 0.717) is 6.42 Å². The van der Waals surface area contributed by atoms with Crippen molar-refractivity contribution in [3.63, 3.8) is 0 Å². The van der Waals surface area contributed by atoms with Crippen molar-refractivity contribution in [2.75, 3.05) is 13.1 Å². The number of nitrogens with zero attached hydrogens (tertiary/aromatic N) is 2. The van der Waals surface area contributed by atoms with Gasteiger partial charge in [0.15, 0.2) is 0 Å². The molecule has 1 amide bonds. The highest BCUT2D eigenvalue weighted by Gasteiger charge is 2.33. The van der Waals surface area contributed by atoms with Gasteiger partial charge in [0.1, 0.15) is 5.54 Å². The van der Waals surface area contributed by atoms with Crippen molar-refractivity contribution in [1.82, 2.24) is 10.2 Å². The summed E-state index contributed by atoms with van der Waals surface area (Å²) in [6, 6.07) is 12.0. The molecule has 25 heavy (non-hydrogen) atoms. The van der Waals surface area contributed by atoms with Gasteiger partial charge in [-0.3, -0.25) is 9.69 Å². The molecular weight excluding hydrogens is 314 g/mol. The molecule has 1 aliphatic rings. The maximum atomic E-state index is 12.4. The minimum absolute atomic E-state index is 0.0377. The lowest BCUT2D eigenvalue weighted by atomic mass is 9.90. The summed E-state index contributed by atoms with van der Waals surface area (Å²) < 4.78 is 0. The monoisotopic (exact) mass is 343 g/mol. The molecule has 2 N–H and O–H groups in total. The molecule has 0 unspecified atom stereocenters. The number of aliphatic hydroxyl groups excluding tert-OH is 1. The summed E-state index contributed by atoms with van der Waals surface area (Å²) in [6.45, 7) is 6.74. The molecule has 0 bridgehead atoms. The molecule has 0 aromatic heterocycles. The standard InChI is InChI=1S/C20H29N3O2/c1-15(2)20(3,14-21)22-19(25)13-23-11-7-10-17(23)12-18(24)16-8-5-4-6-9-16/h4-6,8-9,15,17-18,24H,7,10-13H2,1-3H3,(H,22,25)/t17-,18-,20-/m0/s1. The number of aliphatic hydroxyl groups is 1.